The van der Waals surface area contributed by atoms with Crippen molar-refractivity contribution in [3.05, 3.63) is 34.1 Å². The van der Waals surface area contributed by atoms with Gasteiger partial charge in [-0.25, -0.2) is 0 Å². The van der Waals surface area contributed by atoms with E-state index in [4.69, 9.17) is 4.74 Å². The highest BCUT2D eigenvalue weighted by molar-refractivity contribution is 7.80. The van der Waals surface area contributed by atoms with E-state index in [1.807, 2.05) is 6.92 Å². The Labute approximate surface area is 146 Å². The van der Waals surface area contributed by atoms with E-state index in [1.165, 1.54) is 12.7 Å². The Hall–Kier alpha value is -1.29. The summed E-state index contributed by atoms with van der Waals surface area (Å²) in [5, 5.41) is 0.507. The topological polar surface area (TPSA) is 43.4 Å². The van der Waals surface area contributed by atoms with Crippen LogP contribution in [0.5, 0.6) is 0 Å². The lowest BCUT2D eigenvalue weighted by Crippen LogP contribution is -2.22. The van der Waals surface area contributed by atoms with Crippen LogP contribution < -0.4 is 0 Å². The Kier molecular flexibility index (Phi) is 9.89. The summed E-state index contributed by atoms with van der Waals surface area (Å²) in [7, 11) is 1.41. The highest BCUT2D eigenvalue weighted by Crippen LogP contribution is 2.26. The molecule has 0 bridgehead atoms. The normalized spacial score (nSPS) is 17.1. The number of methoxy groups -OCH3 is 1. The molecule has 0 aromatic rings. The van der Waals surface area contributed by atoms with E-state index in [0.717, 1.165) is 12.8 Å². The smallest absolute Gasteiger partial charge is 0.224 e. The van der Waals surface area contributed by atoms with Crippen molar-refractivity contribution in [3.8, 4) is 0 Å². The molecule has 3 nitrogen and oxygen atoms in total. The molecule has 130 valence electrons. The predicted octanol–water partition coefficient (Wildman–Crippen LogP) is 4.84. The van der Waals surface area contributed by atoms with Crippen LogP contribution in [0.2, 0.25) is 0 Å². The molecular formula is C19H30O3S. The predicted molar refractivity (Wildman–Crippen MR) is 99.8 cm³/mol. The number of hydrogen-bond acceptors (Lipinski definition) is 4. The largest absolute Gasteiger partial charge is 0.492 e. The second-order valence-electron chi connectivity index (χ2n) is 5.79. The van der Waals surface area contributed by atoms with Gasteiger partial charge in [-0.2, -0.15) is 12.6 Å². The van der Waals surface area contributed by atoms with Gasteiger partial charge < -0.3 is 4.74 Å². The van der Waals surface area contributed by atoms with Crippen LogP contribution in [0, 0.1) is 0 Å². The molecule has 0 heterocycles. The minimum Gasteiger partial charge on any atom is -0.492 e. The maximum Gasteiger partial charge on any atom is 0.224 e. The Morgan fingerprint density at radius 1 is 1.17 bits per heavy atom. The summed E-state index contributed by atoms with van der Waals surface area (Å²) in [6.45, 7) is 11.6. The van der Waals surface area contributed by atoms with Crippen molar-refractivity contribution in [2.24, 2.45) is 0 Å². The van der Waals surface area contributed by atoms with Crippen molar-refractivity contribution in [2.45, 2.75) is 66.1 Å². The van der Waals surface area contributed by atoms with Gasteiger partial charge in [-0.05, 0) is 40.0 Å². The van der Waals surface area contributed by atoms with Gasteiger partial charge in [0.05, 0.1) is 7.11 Å². The summed E-state index contributed by atoms with van der Waals surface area (Å²) in [4.78, 5) is 23.4. The molecule has 1 aliphatic rings. The molecule has 1 unspecified atom stereocenters. The van der Waals surface area contributed by atoms with E-state index >= 15 is 0 Å². The van der Waals surface area contributed by atoms with E-state index < -0.39 is 0 Å². The highest BCUT2D eigenvalue weighted by Gasteiger charge is 2.29. The molecule has 0 amide bonds. The second-order valence-corrected chi connectivity index (χ2v) is 6.67. The minimum atomic E-state index is -0.149. The third-order valence-corrected chi connectivity index (χ3v) is 3.86. The lowest BCUT2D eigenvalue weighted by molar-refractivity contribution is -0.118. The van der Waals surface area contributed by atoms with Crippen LogP contribution in [-0.2, 0) is 14.3 Å². The molecule has 0 aromatic heterocycles. The van der Waals surface area contributed by atoms with Crippen LogP contribution in [-0.4, -0.2) is 23.9 Å². The van der Waals surface area contributed by atoms with Crippen molar-refractivity contribution in [1.29, 1.82) is 0 Å². The third-order valence-electron chi connectivity index (χ3n) is 3.68. The van der Waals surface area contributed by atoms with Crippen LogP contribution in [0.4, 0.5) is 0 Å². The number of rotatable bonds is 5. The molecule has 0 spiro atoms. The first-order chi connectivity index (χ1) is 10.7. The SMILES string of the molecule is CC/C=C(\C)CC(C)S.CCC1=C(C)C(=O)C(C)=C(OC)C1=O. The average molecular weight is 339 g/mol. The first-order valence-electron chi connectivity index (χ1n) is 8.08. The van der Waals surface area contributed by atoms with Crippen LogP contribution in [0.1, 0.15) is 60.8 Å². The number of carbonyl (C=O) groups is 2. The van der Waals surface area contributed by atoms with E-state index in [2.05, 4.69) is 39.5 Å². The quantitative estimate of drug-likeness (QED) is 0.443. The molecule has 1 rings (SSSR count). The van der Waals surface area contributed by atoms with Crippen LogP contribution in [0.3, 0.4) is 0 Å². The highest BCUT2D eigenvalue weighted by atomic mass is 32.1. The number of carbonyl (C=O) groups excluding carboxylic acids is 2. The molecular weight excluding hydrogens is 308 g/mol. The fourth-order valence-corrected chi connectivity index (χ4v) is 2.86. The van der Waals surface area contributed by atoms with Gasteiger partial charge in [-0.1, -0.05) is 32.4 Å². The number of ketones is 2. The number of thiol groups is 1. The lowest BCUT2D eigenvalue weighted by atomic mass is 9.88. The minimum absolute atomic E-state index is 0.0849. The van der Waals surface area contributed by atoms with Gasteiger partial charge in [-0.3, -0.25) is 9.59 Å². The van der Waals surface area contributed by atoms with Crippen LogP contribution in [0.15, 0.2) is 34.1 Å². The van der Waals surface area contributed by atoms with Crippen molar-refractivity contribution >= 4 is 24.2 Å². The number of ether oxygens (including phenoxy) is 1. The molecule has 0 aromatic carbocycles. The van der Waals surface area contributed by atoms with E-state index in [9.17, 15) is 9.59 Å². The molecule has 1 aliphatic carbocycles. The summed E-state index contributed by atoms with van der Waals surface area (Å²) < 4.78 is 4.94. The molecule has 23 heavy (non-hydrogen) atoms. The molecule has 0 aliphatic heterocycles. The third kappa shape index (κ3) is 6.38. The van der Waals surface area contributed by atoms with E-state index in [-0.39, 0.29) is 17.3 Å². The summed E-state index contributed by atoms with van der Waals surface area (Å²) in [6, 6.07) is 0. The zero-order valence-electron chi connectivity index (χ0n) is 15.4. The summed E-state index contributed by atoms with van der Waals surface area (Å²) >= 11 is 4.29. The maximum absolute atomic E-state index is 11.8. The van der Waals surface area contributed by atoms with Gasteiger partial charge in [0, 0.05) is 22.0 Å². The zero-order valence-corrected chi connectivity index (χ0v) is 16.3. The molecule has 4 heteroatoms. The first kappa shape index (κ1) is 21.7. The van der Waals surface area contributed by atoms with Crippen LogP contribution >= 0.6 is 12.6 Å². The Balaban J connectivity index is 0.000000468. The number of Topliss-reactive ketones (excluding diaryl/α,β-unsaturated/α-hetero) is 2. The summed E-state index contributed by atoms with van der Waals surface area (Å²) in [5.41, 5.74) is 2.99. The Morgan fingerprint density at radius 2 is 1.74 bits per heavy atom. The summed E-state index contributed by atoms with van der Waals surface area (Å²) in [5.74, 6) is -0.0413. The second kappa shape index (κ2) is 10.5. The van der Waals surface area contributed by atoms with Gasteiger partial charge in [0.2, 0.25) is 5.78 Å². The maximum atomic E-state index is 11.8. The molecule has 0 fully saturated rings. The molecule has 0 saturated carbocycles. The average Bonchev–Trinajstić information content (AvgIpc) is 2.46. The van der Waals surface area contributed by atoms with Gasteiger partial charge >= 0.3 is 0 Å². The van der Waals surface area contributed by atoms with Crippen molar-refractivity contribution < 1.29 is 14.3 Å². The van der Waals surface area contributed by atoms with Crippen molar-refractivity contribution in [3.63, 3.8) is 0 Å². The van der Waals surface area contributed by atoms with Gasteiger partial charge in [0.1, 0.15) is 0 Å². The standard InChI is InChI=1S/C11H14O3.C8H16S/c1-5-8-6(2)9(12)7(3)11(14-4)10(8)13;1-4-5-7(2)6-8(3)9/h5H2,1-4H3;5,8-9H,4,6H2,1-3H3/b;7-5+. The van der Waals surface area contributed by atoms with Gasteiger partial charge in [0.25, 0.3) is 0 Å². The lowest BCUT2D eigenvalue weighted by Gasteiger charge is -2.18. The van der Waals surface area contributed by atoms with Crippen molar-refractivity contribution in [2.75, 3.05) is 7.11 Å². The number of allylic oxidation sites excluding steroid dienone is 5. The Bertz CT molecular complexity index is 505. The van der Waals surface area contributed by atoms with Gasteiger partial charge in [0.15, 0.2) is 11.5 Å². The zero-order chi connectivity index (χ0) is 18.2. The first-order valence-corrected chi connectivity index (χ1v) is 8.60. The fourth-order valence-electron chi connectivity index (χ4n) is 2.57. The van der Waals surface area contributed by atoms with Crippen molar-refractivity contribution in [1.82, 2.24) is 0 Å². The number of hydrogen-bond donors (Lipinski definition) is 1. The monoisotopic (exact) mass is 338 g/mol. The van der Waals surface area contributed by atoms with E-state index in [1.54, 1.807) is 13.8 Å². The molecule has 0 saturated heterocycles. The molecule has 0 radical (unpaired) electrons. The van der Waals surface area contributed by atoms with Crippen LogP contribution in [0.25, 0.3) is 0 Å². The molecule has 1 atom stereocenters. The van der Waals surface area contributed by atoms with Gasteiger partial charge in [-0.15, -0.1) is 0 Å². The summed E-state index contributed by atoms with van der Waals surface area (Å²) in [6.07, 6.45) is 5.09. The molecule has 0 N–H and O–H groups in total. The fraction of sp³-hybridized carbons (Fsp3) is 0.579. The Morgan fingerprint density at radius 3 is 2.13 bits per heavy atom. The van der Waals surface area contributed by atoms with E-state index in [0.29, 0.717) is 28.4 Å².